The van der Waals surface area contributed by atoms with Gasteiger partial charge < -0.3 is 15.0 Å². The van der Waals surface area contributed by atoms with Crippen LogP contribution in [-0.4, -0.2) is 48.7 Å². The quantitative estimate of drug-likeness (QED) is 0.436. The molecule has 0 aliphatic rings. The lowest BCUT2D eigenvalue weighted by Crippen LogP contribution is -2.30. The number of carbonyl (C=O) groups is 4. The number of benzene rings is 1. The van der Waals surface area contributed by atoms with Gasteiger partial charge in [-0.2, -0.15) is 0 Å². The van der Waals surface area contributed by atoms with E-state index < -0.39 is 5.91 Å². The van der Waals surface area contributed by atoms with Gasteiger partial charge in [-0.1, -0.05) is 0 Å². The number of amides is 2. The van der Waals surface area contributed by atoms with Gasteiger partial charge in [0.05, 0.1) is 13.0 Å². The van der Waals surface area contributed by atoms with Crippen LogP contribution in [0.15, 0.2) is 35.9 Å². The first-order valence-corrected chi connectivity index (χ1v) is 8.26. The molecule has 0 heterocycles. The van der Waals surface area contributed by atoms with Gasteiger partial charge in [0.15, 0.2) is 5.78 Å². The summed E-state index contributed by atoms with van der Waals surface area (Å²) < 4.78 is 4.81. The van der Waals surface area contributed by atoms with Crippen molar-refractivity contribution in [2.24, 2.45) is 0 Å². The first-order chi connectivity index (χ1) is 12.2. The van der Waals surface area contributed by atoms with Gasteiger partial charge in [-0.05, 0) is 45.0 Å². The van der Waals surface area contributed by atoms with E-state index in [4.69, 9.17) is 4.74 Å². The molecule has 1 aromatic rings. The van der Waals surface area contributed by atoms with Crippen molar-refractivity contribution in [1.82, 2.24) is 4.90 Å². The number of Topliss-reactive ketones (excluding diaryl/α,β-unsaturated/α-hetero) is 1. The molecule has 1 aromatic carbocycles. The number of rotatable bonds is 8. The summed E-state index contributed by atoms with van der Waals surface area (Å²) in [5.41, 5.74) is 1.31. The predicted octanol–water partition coefficient (Wildman–Crippen LogP) is 2.19. The Kier molecular flexibility index (Phi) is 8.21. The lowest BCUT2D eigenvalue weighted by molar-refractivity contribution is -0.143. The zero-order chi connectivity index (χ0) is 19.7. The molecule has 0 saturated heterocycles. The molecule has 0 fully saturated rings. The number of ketones is 1. The minimum atomic E-state index is -0.454. The second kappa shape index (κ2) is 10.1. The van der Waals surface area contributed by atoms with E-state index in [-0.39, 0.29) is 36.2 Å². The van der Waals surface area contributed by atoms with Crippen LogP contribution in [0.1, 0.15) is 37.6 Å². The fourth-order valence-electron chi connectivity index (χ4n) is 2.12. The van der Waals surface area contributed by atoms with Gasteiger partial charge in [0.1, 0.15) is 0 Å². The van der Waals surface area contributed by atoms with Crippen LogP contribution in [-0.2, 0) is 19.1 Å². The Bertz CT molecular complexity index is 707. The molecule has 0 aliphatic heterocycles. The minimum absolute atomic E-state index is 0.0601. The number of esters is 1. The Morgan fingerprint density at radius 1 is 1.12 bits per heavy atom. The number of likely N-dealkylation sites (N-methyl/N-ethyl adjacent to an activating group) is 1. The highest BCUT2D eigenvalue weighted by atomic mass is 16.5. The van der Waals surface area contributed by atoms with Crippen LogP contribution in [0.25, 0.3) is 0 Å². The second-order valence-corrected chi connectivity index (χ2v) is 5.73. The van der Waals surface area contributed by atoms with Crippen molar-refractivity contribution in [3.8, 4) is 0 Å². The lowest BCUT2D eigenvalue weighted by atomic mass is 10.1. The number of hydrogen-bond donors (Lipinski definition) is 1. The van der Waals surface area contributed by atoms with E-state index in [2.05, 4.69) is 5.32 Å². The molecule has 26 heavy (non-hydrogen) atoms. The smallest absolute Gasteiger partial charge is 0.307 e. The number of carbonyl (C=O) groups excluding carboxylic acids is 4. The maximum absolute atomic E-state index is 12.2. The van der Waals surface area contributed by atoms with Gasteiger partial charge in [0, 0.05) is 36.5 Å². The molecule has 1 N–H and O–H groups in total. The number of hydrogen-bond acceptors (Lipinski definition) is 5. The summed E-state index contributed by atoms with van der Waals surface area (Å²) >= 11 is 0. The summed E-state index contributed by atoms with van der Waals surface area (Å²) in [6.07, 6.45) is 1.29. The molecule has 0 aromatic heterocycles. The standard InChI is InChI=1S/C19H24N2O5/c1-5-26-18(24)10-11-21(4)19(25)13(2)12-17(23)20-16-8-6-15(7-9-16)14(3)22/h6-9,12H,5,10-11H2,1-4H3,(H,20,23)/b13-12-. The van der Waals surface area contributed by atoms with Crippen LogP contribution in [0.4, 0.5) is 5.69 Å². The van der Waals surface area contributed by atoms with E-state index in [9.17, 15) is 19.2 Å². The topological polar surface area (TPSA) is 92.8 Å². The van der Waals surface area contributed by atoms with Crippen LogP contribution >= 0.6 is 0 Å². The molecule has 0 atom stereocenters. The largest absolute Gasteiger partial charge is 0.466 e. The molecule has 0 unspecified atom stereocenters. The highest BCUT2D eigenvalue weighted by Crippen LogP contribution is 2.10. The molecule has 0 aliphatic carbocycles. The van der Waals surface area contributed by atoms with Gasteiger partial charge in [-0.3, -0.25) is 19.2 Å². The molecule has 140 valence electrons. The average Bonchev–Trinajstić information content (AvgIpc) is 2.59. The Morgan fingerprint density at radius 3 is 2.27 bits per heavy atom. The third-order valence-electron chi connectivity index (χ3n) is 3.55. The van der Waals surface area contributed by atoms with Crippen molar-refractivity contribution < 1.29 is 23.9 Å². The molecular weight excluding hydrogens is 336 g/mol. The van der Waals surface area contributed by atoms with Crippen molar-refractivity contribution in [2.75, 3.05) is 25.5 Å². The Hall–Kier alpha value is -2.96. The SMILES string of the molecule is CCOC(=O)CCN(C)C(=O)/C(C)=C\C(=O)Nc1ccc(C(C)=O)cc1. The van der Waals surface area contributed by atoms with Crippen molar-refractivity contribution in [2.45, 2.75) is 27.2 Å². The normalized spacial score (nSPS) is 10.8. The molecule has 0 spiro atoms. The monoisotopic (exact) mass is 360 g/mol. The van der Waals surface area contributed by atoms with Gasteiger partial charge >= 0.3 is 5.97 Å². The number of nitrogens with zero attached hydrogens (tertiary/aromatic N) is 1. The highest BCUT2D eigenvalue weighted by molar-refractivity contribution is 6.06. The first-order valence-electron chi connectivity index (χ1n) is 8.26. The van der Waals surface area contributed by atoms with Crippen molar-refractivity contribution in [1.29, 1.82) is 0 Å². The van der Waals surface area contributed by atoms with E-state index in [1.54, 1.807) is 38.2 Å². The maximum Gasteiger partial charge on any atom is 0.307 e. The highest BCUT2D eigenvalue weighted by Gasteiger charge is 2.14. The molecule has 0 radical (unpaired) electrons. The number of ether oxygens (including phenoxy) is 1. The molecule has 7 nitrogen and oxygen atoms in total. The van der Waals surface area contributed by atoms with E-state index in [1.807, 2.05) is 0 Å². The van der Waals surface area contributed by atoms with Crippen LogP contribution < -0.4 is 5.32 Å². The third-order valence-corrected chi connectivity index (χ3v) is 3.55. The van der Waals surface area contributed by atoms with Crippen molar-refractivity contribution in [3.05, 3.63) is 41.5 Å². The average molecular weight is 360 g/mol. The van der Waals surface area contributed by atoms with Crippen LogP contribution in [0.5, 0.6) is 0 Å². The van der Waals surface area contributed by atoms with Gasteiger partial charge in [-0.15, -0.1) is 0 Å². The molecule has 0 saturated carbocycles. The number of anilines is 1. The van der Waals surface area contributed by atoms with Crippen molar-refractivity contribution in [3.63, 3.8) is 0 Å². The first kappa shape index (κ1) is 21.1. The lowest BCUT2D eigenvalue weighted by Gasteiger charge is -2.16. The molecule has 0 bridgehead atoms. The van der Waals surface area contributed by atoms with Gasteiger partial charge in [0.2, 0.25) is 11.8 Å². The zero-order valence-electron chi connectivity index (χ0n) is 15.5. The number of nitrogens with one attached hydrogen (secondary N) is 1. The van der Waals surface area contributed by atoms with E-state index in [1.165, 1.54) is 24.8 Å². The maximum atomic E-state index is 12.2. The molecular formula is C19H24N2O5. The van der Waals surface area contributed by atoms with E-state index in [0.717, 1.165) is 0 Å². The molecule has 1 rings (SSSR count). The molecule has 2 amide bonds. The summed E-state index contributed by atoms with van der Waals surface area (Å²) in [4.78, 5) is 48.1. The summed E-state index contributed by atoms with van der Waals surface area (Å²) in [5, 5.41) is 2.63. The predicted molar refractivity (Wildman–Crippen MR) is 97.7 cm³/mol. The van der Waals surface area contributed by atoms with Crippen molar-refractivity contribution >= 4 is 29.3 Å². The summed E-state index contributed by atoms with van der Waals surface area (Å²) in [5.74, 6) is -1.24. The van der Waals surface area contributed by atoms with Crippen LogP contribution in [0, 0.1) is 0 Å². The summed E-state index contributed by atoms with van der Waals surface area (Å²) in [7, 11) is 1.55. The molecule has 7 heteroatoms. The Balaban J connectivity index is 2.61. The van der Waals surface area contributed by atoms with E-state index in [0.29, 0.717) is 17.9 Å². The van der Waals surface area contributed by atoms with Crippen LogP contribution in [0.3, 0.4) is 0 Å². The zero-order valence-corrected chi connectivity index (χ0v) is 15.5. The summed E-state index contributed by atoms with van der Waals surface area (Å²) in [6.45, 7) is 5.21. The Morgan fingerprint density at radius 2 is 1.73 bits per heavy atom. The second-order valence-electron chi connectivity index (χ2n) is 5.73. The third kappa shape index (κ3) is 6.88. The Labute approximate surface area is 153 Å². The fourth-order valence-corrected chi connectivity index (χ4v) is 2.12. The van der Waals surface area contributed by atoms with E-state index >= 15 is 0 Å². The van der Waals surface area contributed by atoms with Gasteiger partial charge in [-0.25, -0.2) is 0 Å². The van der Waals surface area contributed by atoms with Gasteiger partial charge in [0.25, 0.3) is 0 Å². The summed E-state index contributed by atoms with van der Waals surface area (Å²) in [6, 6.07) is 6.46. The minimum Gasteiger partial charge on any atom is -0.466 e. The fraction of sp³-hybridized carbons (Fsp3) is 0.368. The van der Waals surface area contributed by atoms with Crippen LogP contribution in [0.2, 0.25) is 0 Å².